The molecule has 1 rings (SSSR count). The van der Waals surface area contributed by atoms with Crippen molar-refractivity contribution in [3.05, 3.63) is 0 Å². The van der Waals surface area contributed by atoms with Crippen molar-refractivity contribution in [2.75, 3.05) is 0 Å². The Labute approximate surface area is 155 Å². The molecular weight excluding hydrogens is 342 g/mol. The third-order valence-corrected chi connectivity index (χ3v) is 5.56. The van der Waals surface area contributed by atoms with E-state index in [-0.39, 0.29) is 36.9 Å². The molecule has 0 bridgehead atoms. The van der Waals surface area contributed by atoms with Gasteiger partial charge in [-0.3, -0.25) is 9.59 Å². The molecular formula is C20H34F2O4. The van der Waals surface area contributed by atoms with Gasteiger partial charge in [0, 0.05) is 25.2 Å². The van der Waals surface area contributed by atoms with Gasteiger partial charge in [0.15, 0.2) is 0 Å². The van der Waals surface area contributed by atoms with Crippen molar-refractivity contribution in [1.29, 1.82) is 0 Å². The summed E-state index contributed by atoms with van der Waals surface area (Å²) in [7, 11) is 0. The van der Waals surface area contributed by atoms with E-state index in [0.717, 1.165) is 32.1 Å². The summed E-state index contributed by atoms with van der Waals surface area (Å²) in [5.41, 5.74) is 0. The van der Waals surface area contributed by atoms with Crippen LogP contribution in [0.4, 0.5) is 8.78 Å². The van der Waals surface area contributed by atoms with Crippen LogP contribution >= 0.6 is 0 Å². The first-order valence-electron chi connectivity index (χ1n) is 10.1. The van der Waals surface area contributed by atoms with E-state index in [1.165, 1.54) is 0 Å². The molecule has 26 heavy (non-hydrogen) atoms. The first-order valence-corrected chi connectivity index (χ1v) is 10.1. The molecule has 0 aromatic carbocycles. The number of rotatable bonds is 14. The summed E-state index contributed by atoms with van der Waals surface area (Å²) in [4.78, 5) is 22.6. The van der Waals surface area contributed by atoms with E-state index < -0.39 is 18.0 Å². The van der Waals surface area contributed by atoms with Crippen LogP contribution in [0.1, 0.15) is 90.4 Å². The molecule has 0 radical (unpaired) electrons. The minimum absolute atomic E-state index is 0.0454. The molecule has 6 heteroatoms. The summed E-state index contributed by atoms with van der Waals surface area (Å²) in [6.07, 6.45) is 5.09. The molecule has 0 amide bonds. The van der Waals surface area contributed by atoms with Gasteiger partial charge in [-0.1, -0.05) is 32.6 Å². The predicted molar refractivity (Wildman–Crippen MR) is 96.3 cm³/mol. The van der Waals surface area contributed by atoms with Crippen molar-refractivity contribution >= 4 is 11.8 Å². The monoisotopic (exact) mass is 376 g/mol. The quantitative estimate of drug-likeness (QED) is 0.420. The van der Waals surface area contributed by atoms with Gasteiger partial charge in [-0.25, -0.2) is 8.78 Å². The molecule has 4 nitrogen and oxygen atoms in total. The summed E-state index contributed by atoms with van der Waals surface area (Å²) >= 11 is 0. The average molecular weight is 376 g/mol. The largest absolute Gasteiger partial charge is 0.481 e. The number of carbonyl (C=O) groups is 2. The van der Waals surface area contributed by atoms with Gasteiger partial charge < -0.3 is 10.2 Å². The SMILES string of the molecule is CCCCC(F)(F)[C@@H](O)CC[C@H]1CCC(=O)[C@@H]1CCCCCCC(=O)O. The number of aliphatic hydroxyl groups excluding tert-OH is 1. The van der Waals surface area contributed by atoms with Gasteiger partial charge in [-0.15, -0.1) is 0 Å². The zero-order chi connectivity index (χ0) is 19.6. The number of hydrogen-bond donors (Lipinski definition) is 2. The number of unbranched alkanes of at least 4 members (excludes halogenated alkanes) is 4. The van der Waals surface area contributed by atoms with Crippen LogP contribution in [0.15, 0.2) is 0 Å². The van der Waals surface area contributed by atoms with Crippen LogP contribution in [-0.2, 0) is 9.59 Å². The molecule has 3 atom stereocenters. The topological polar surface area (TPSA) is 74.6 Å². The Hall–Kier alpha value is -1.04. The Morgan fingerprint density at radius 1 is 1.19 bits per heavy atom. The van der Waals surface area contributed by atoms with Crippen molar-refractivity contribution in [2.45, 2.75) is 102 Å². The highest BCUT2D eigenvalue weighted by Crippen LogP contribution is 2.38. The Morgan fingerprint density at radius 3 is 2.54 bits per heavy atom. The number of ketones is 1. The molecule has 0 aliphatic heterocycles. The second kappa shape index (κ2) is 11.6. The lowest BCUT2D eigenvalue weighted by molar-refractivity contribution is -0.137. The number of Topliss-reactive ketones (excluding diaryl/α,β-unsaturated/α-hetero) is 1. The number of halogens is 2. The lowest BCUT2D eigenvalue weighted by atomic mass is 9.85. The number of hydrogen-bond acceptors (Lipinski definition) is 3. The highest BCUT2D eigenvalue weighted by Gasteiger charge is 2.39. The second-order valence-electron chi connectivity index (χ2n) is 7.68. The maximum atomic E-state index is 13.9. The lowest BCUT2D eigenvalue weighted by Gasteiger charge is -2.25. The average Bonchev–Trinajstić information content (AvgIpc) is 2.93. The van der Waals surface area contributed by atoms with E-state index >= 15 is 0 Å². The zero-order valence-corrected chi connectivity index (χ0v) is 15.9. The molecule has 152 valence electrons. The highest BCUT2D eigenvalue weighted by molar-refractivity contribution is 5.83. The maximum absolute atomic E-state index is 13.9. The van der Waals surface area contributed by atoms with Gasteiger partial charge in [0.1, 0.15) is 11.9 Å². The van der Waals surface area contributed by atoms with Gasteiger partial charge in [0.05, 0.1) is 0 Å². The number of alkyl halides is 2. The van der Waals surface area contributed by atoms with E-state index in [1.54, 1.807) is 0 Å². The molecule has 1 fully saturated rings. The Bertz CT molecular complexity index is 440. The summed E-state index contributed by atoms with van der Waals surface area (Å²) in [6.45, 7) is 1.85. The third kappa shape index (κ3) is 8.11. The minimum atomic E-state index is -3.04. The van der Waals surface area contributed by atoms with E-state index in [1.807, 2.05) is 6.92 Å². The Kier molecular flexibility index (Phi) is 10.3. The van der Waals surface area contributed by atoms with Crippen molar-refractivity contribution in [3.8, 4) is 0 Å². The van der Waals surface area contributed by atoms with Crippen LogP contribution in [0.25, 0.3) is 0 Å². The second-order valence-corrected chi connectivity index (χ2v) is 7.68. The van der Waals surface area contributed by atoms with Gasteiger partial charge >= 0.3 is 5.97 Å². The predicted octanol–water partition coefficient (Wildman–Crippen LogP) is 4.97. The molecule has 1 aliphatic rings. The molecule has 0 spiro atoms. The highest BCUT2D eigenvalue weighted by atomic mass is 19.3. The molecule has 2 N–H and O–H groups in total. The Balaban J connectivity index is 2.33. The van der Waals surface area contributed by atoms with E-state index in [2.05, 4.69) is 0 Å². The molecule has 1 aliphatic carbocycles. The van der Waals surface area contributed by atoms with Crippen LogP contribution in [0.5, 0.6) is 0 Å². The first kappa shape index (κ1) is 23.0. The Morgan fingerprint density at radius 2 is 1.88 bits per heavy atom. The van der Waals surface area contributed by atoms with E-state index in [9.17, 15) is 23.5 Å². The zero-order valence-electron chi connectivity index (χ0n) is 15.9. The minimum Gasteiger partial charge on any atom is -0.481 e. The number of aliphatic hydroxyl groups is 1. The van der Waals surface area contributed by atoms with Crippen molar-refractivity contribution in [2.24, 2.45) is 11.8 Å². The molecule has 0 saturated heterocycles. The molecule has 0 aromatic rings. The smallest absolute Gasteiger partial charge is 0.303 e. The molecule has 1 saturated carbocycles. The first-order chi connectivity index (χ1) is 12.3. The summed E-state index contributed by atoms with van der Waals surface area (Å²) in [5.74, 6) is -3.60. The lowest BCUT2D eigenvalue weighted by Crippen LogP contribution is -2.34. The standard InChI is InChI=1S/C20H34F2O4/c1-2-3-14-20(21,22)18(24)13-11-15-10-12-17(23)16(15)8-6-4-5-7-9-19(25)26/h15-16,18,24H,2-14H2,1H3,(H,25,26)/t15-,16-,18+/m1/s1. The van der Waals surface area contributed by atoms with Crippen LogP contribution < -0.4 is 0 Å². The molecule has 0 heterocycles. The molecule has 0 aromatic heterocycles. The van der Waals surface area contributed by atoms with Gasteiger partial charge in [0.25, 0.3) is 5.92 Å². The van der Waals surface area contributed by atoms with Crippen LogP contribution in [0, 0.1) is 11.8 Å². The normalized spacial score (nSPS) is 21.9. The van der Waals surface area contributed by atoms with Crippen molar-refractivity contribution in [3.63, 3.8) is 0 Å². The fraction of sp³-hybridized carbons (Fsp3) is 0.900. The fourth-order valence-electron chi connectivity index (χ4n) is 3.88. The van der Waals surface area contributed by atoms with Crippen LogP contribution in [-0.4, -0.2) is 34.0 Å². The van der Waals surface area contributed by atoms with Crippen LogP contribution in [0.2, 0.25) is 0 Å². The maximum Gasteiger partial charge on any atom is 0.303 e. The summed E-state index contributed by atoms with van der Waals surface area (Å²) in [6, 6.07) is 0. The van der Waals surface area contributed by atoms with Gasteiger partial charge in [0.2, 0.25) is 0 Å². The van der Waals surface area contributed by atoms with Crippen molar-refractivity contribution in [1.82, 2.24) is 0 Å². The third-order valence-electron chi connectivity index (χ3n) is 5.56. The van der Waals surface area contributed by atoms with E-state index in [0.29, 0.717) is 32.1 Å². The van der Waals surface area contributed by atoms with E-state index in [4.69, 9.17) is 5.11 Å². The van der Waals surface area contributed by atoms with Crippen LogP contribution in [0.3, 0.4) is 0 Å². The number of carboxylic acids is 1. The van der Waals surface area contributed by atoms with Crippen molar-refractivity contribution < 1.29 is 28.6 Å². The van der Waals surface area contributed by atoms with Gasteiger partial charge in [-0.2, -0.15) is 0 Å². The number of carboxylic acid groups (broad SMARTS) is 1. The number of carbonyl (C=O) groups excluding carboxylic acids is 1. The number of aliphatic carboxylic acids is 1. The molecule has 0 unspecified atom stereocenters. The van der Waals surface area contributed by atoms with Gasteiger partial charge in [-0.05, 0) is 44.4 Å². The fourth-order valence-corrected chi connectivity index (χ4v) is 3.88. The summed E-state index contributed by atoms with van der Waals surface area (Å²) in [5, 5.41) is 18.5. The summed E-state index contributed by atoms with van der Waals surface area (Å²) < 4.78 is 27.7.